The van der Waals surface area contributed by atoms with Crippen molar-refractivity contribution >= 4 is 0 Å². The van der Waals surface area contributed by atoms with Crippen molar-refractivity contribution in [1.82, 2.24) is 9.88 Å². The van der Waals surface area contributed by atoms with Gasteiger partial charge in [-0.2, -0.15) is 0 Å². The summed E-state index contributed by atoms with van der Waals surface area (Å²) in [6.07, 6.45) is 1.94. The maximum Gasteiger partial charge on any atom is 0.0823 e. The molecule has 1 rings (SSSR count). The van der Waals surface area contributed by atoms with Gasteiger partial charge in [-0.3, -0.25) is 9.88 Å². The standard InChI is InChI=1S/C13H23N3O/c1-3-16(11-13(9-14)17-4-2)10-12-7-5-6-8-15-12/h5-8,13H,3-4,9-11,14H2,1-2H3. The fourth-order valence-corrected chi connectivity index (χ4v) is 1.75. The van der Waals surface area contributed by atoms with Crippen molar-refractivity contribution in [3.8, 4) is 0 Å². The Labute approximate surface area is 104 Å². The third-order valence-corrected chi connectivity index (χ3v) is 2.69. The first kappa shape index (κ1) is 14.1. The number of aromatic nitrogens is 1. The summed E-state index contributed by atoms with van der Waals surface area (Å²) >= 11 is 0. The Balaban J connectivity index is 2.48. The molecule has 0 fully saturated rings. The number of ether oxygens (including phenoxy) is 1. The topological polar surface area (TPSA) is 51.4 Å². The second kappa shape index (κ2) is 8.17. The summed E-state index contributed by atoms with van der Waals surface area (Å²) in [5.74, 6) is 0. The van der Waals surface area contributed by atoms with Crippen LogP contribution in [-0.4, -0.2) is 42.2 Å². The Morgan fingerprint density at radius 1 is 1.41 bits per heavy atom. The first-order chi connectivity index (χ1) is 8.30. The fraction of sp³-hybridized carbons (Fsp3) is 0.615. The van der Waals surface area contributed by atoms with Gasteiger partial charge in [-0.1, -0.05) is 13.0 Å². The fourth-order valence-electron chi connectivity index (χ4n) is 1.75. The molecule has 4 heteroatoms. The Kier molecular flexibility index (Phi) is 6.77. The Bertz CT molecular complexity index is 292. The van der Waals surface area contributed by atoms with E-state index in [-0.39, 0.29) is 6.10 Å². The van der Waals surface area contributed by atoms with E-state index >= 15 is 0 Å². The number of hydrogen-bond acceptors (Lipinski definition) is 4. The van der Waals surface area contributed by atoms with E-state index < -0.39 is 0 Å². The molecule has 0 bridgehead atoms. The molecule has 0 radical (unpaired) electrons. The van der Waals surface area contributed by atoms with Gasteiger partial charge in [0.05, 0.1) is 11.8 Å². The Hall–Kier alpha value is -0.970. The van der Waals surface area contributed by atoms with Gasteiger partial charge in [-0.15, -0.1) is 0 Å². The number of hydrogen-bond donors (Lipinski definition) is 1. The predicted molar refractivity (Wildman–Crippen MR) is 69.7 cm³/mol. The highest BCUT2D eigenvalue weighted by Crippen LogP contribution is 2.03. The third kappa shape index (κ3) is 5.26. The maximum absolute atomic E-state index is 5.69. The lowest BCUT2D eigenvalue weighted by molar-refractivity contribution is 0.0382. The quantitative estimate of drug-likeness (QED) is 0.739. The first-order valence-electron chi connectivity index (χ1n) is 6.24. The SMILES string of the molecule is CCOC(CN)CN(CC)Cc1ccccn1. The van der Waals surface area contributed by atoms with Crippen LogP contribution in [0.2, 0.25) is 0 Å². The molecule has 96 valence electrons. The molecule has 1 aromatic heterocycles. The second-order valence-electron chi connectivity index (χ2n) is 3.96. The van der Waals surface area contributed by atoms with Crippen molar-refractivity contribution in [2.45, 2.75) is 26.5 Å². The summed E-state index contributed by atoms with van der Waals surface area (Å²) in [6.45, 7) is 8.09. The van der Waals surface area contributed by atoms with E-state index in [2.05, 4.69) is 16.8 Å². The molecule has 0 saturated heterocycles. The lowest BCUT2D eigenvalue weighted by Crippen LogP contribution is -2.38. The predicted octanol–water partition coefficient (Wildman–Crippen LogP) is 1.27. The first-order valence-corrected chi connectivity index (χ1v) is 6.24. The summed E-state index contributed by atoms with van der Waals surface area (Å²) in [7, 11) is 0. The van der Waals surface area contributed by atoms with Gasteiger partial charge in [-0.05, 0) is 25.6 Å². The van der Waals surface area contributed by atoms with Crippen LogP contribution in [0.3, 0.4) is 0 Å². The third-order valence-electron chi connectivity index (χ3n) is 2.69. The number of rotatable bonds is 8. The smallest absolute Gasteiger partial charge is 0.0823 e. The van der Waals surface area contributed by atoms with Crippen LogP contribution in [0.15, 0.2) is 24.4 Å². The highest BCUT2D eigenvalue weighted by atomic mass is 16.5. The Morgan fingerprint density at radius 2 is 2.24 bits per heavy atom. The van der Waals surface area contributed by atoms with Crippen molar-refractivity contribution in [3.63, 3.8) is 0 Å². The van der Waals surface area contributed by atoms with E-state index in [4.69, 9.17) is 10.5 Å². The number of pyridine rings is 1. The van der Waals surface area contributed by atoms with Crippen LogP contribution in [0.4, 0.5) is 0 Å². The molecule has 0 aromatic carbocycles. The average molecular weight is 237 g/mol. The monoisotopic (exact) mass is 237 g/mol. The summed E-state index contributed by atoms with van der Waals surface area (Å²) in [5, 5.41) is 0. The van der Waals surface area contributed by atoms with Crippen molar-refractivity contribution in [2.24, 2.45) is 5.73 Å². The van der Waals surface area contributed by atoms with Gasteiger partial charge in [0.15, 0.2) is 0 Å². The van der Waals surface area contributed by atoms with E-state index in [1.54, 1.807) is 0 Å². The van der Waals surface area contributed by atoms with Gasteiger partial charge >= 0.3 is 0 Å². The number of likely N-dealkylation sites (N-methyl/N-ethyl adjacent to an activating group) is 1. The molecule has 1 atom stereocenters. The molecule has 0 aliphatic rings. The zero-order chi connectivity index (χ0) is 12.5. The summed E-state index contributed by atoms with van der Waals surface area (Å²) < 4.78 is 5.57. The van der Waals surface area contributed by atoms with Crippen LogP contribution in [0, 0.1) is 0 Å². The lowest BCUT2D eigenvalue weighted by atomic mass is 10.2. The molecule has 0 amide bonds. The maximum atomic E-state index is 5.69. The van der Waals surface area contributed by atoms with E-state index in [1.165, 1.54) is 0 Å². The van der Waals surface area contributed by atoms with Gasteiger partial charge in [0.25, 0.3) is 0 Å². The molecule has 0 aliphatic carbocycles. The molecule has 1 unspecified atom stereocenters. The Morgan fingerprint density at radius 3 is 2.76 bits per heavy atom. The average Bonchev–Trinajstić information content (AvgIpc) is 2.38. The van der Waals surface area contributed by atoms with Crippen LogP contribution in [0.1, 0.15) is 19.5 Å². The van der Waals surface area contributed by atoms with Gasteiger partial charge in [-0.25, -0.2) is 0 Å². The molecule has 17 heavy (non-hydrogen) atoms. The van der Waals surface area contributed by atoms with Crippen molar-refractivity contribution in [3.05, 3.63) is 30.1 Å². The van der Waals surface area contributed by atoms with Crippen LogP contribution in [0.5, 0.6) is 0 Å². The normalized spacial score (nSPS) is 12.9. The van der Waals surface area contributed by atoms with Gasteiger partial charge in [0.2, 0.25) is 0 Å². The van der Waals surface area contributed by atoms with Crippen LogP contribution >= 0.6 is 0 Å². The van der Waals surface area contributed by atoms with Gasteiger partial charge < -0.3 is 10.5 Å². The summed E-state index contributed by atoms with van der Waals surface area (Å²) in [4.78, 5) is 6.63. The summed E-state index contributed by atoms with van der Waals surface area (Å²) in [6, 6.07) is 5.99. The minimum absolute atomic E-state index is 0.115. The zero-order valence-electron chi connectivity index (χ0n) is 10.8. The number of nitrogens with zero attached hydrogens (tertiary/aromatic N) is 2. The van der Waals surface area contributed by atoms with Gasteiger partial charge in [0.1, 0.15) is 0 Å². The molecule has 0 spiro atoms. The zero-order valence-corrected chi connectivity index (χ0v) is 10.8. The summed E-state index contributed by atoms with van der Waals surface area (Å²) in [5.41, 5.74) is 6.77. The highest BCUT2D eigenvalue weighted by Gasteiger charge is 2.12. The lowest BCUT2D eigenvalue weighted by Gasteiger charge is -2.25. The van der Waals surface area contributed by atoms with Crippen LogP contribution in [0.25, 0.3) is 0 Å². The minimum Gasteiger partial charge on any atom is -0.376 e. The van der Waals surface area contributed by atoms with Crippen molar-refractivity contribution in [2.75, 3.05) is 26.2 Å². The van der Waals surface area contributed by atoms with E-state index in [9.17, 15) is 0 Å². The van der Waals surface area contributed by atoms with Crippen molar-refractivity contribution < 1.29 is 4.74 Å². The van der Waals surface area contributed by atoms with E-state index in [0.29, 0.717) is 13.2 Å². The molecule has 2 N–H and O–H groups in total. The van der Waals surface area contributed by atoms with E-state index in [0.717, 1.165) is 25.3 Å². The van der Waals surface area contributed by atoms with Crippen LogP contribution in [-0.2, 0) is 11.3 Å². The molecule has 0 saturated carbocycles. The molecular weight excluding hydrogens is 214 g/mol. The molecular formula is C13H23N3O. The molecule has 4 nitrogen and oxygen atoms in total. The number of nitrogens with two attached hydrogens (primary N) is 1. The molecule has 0 aliphatic heterocycles. The van der Waals surface area contributed by atoms with Crippen molar-refractivity contribution in [1.29, 1.82) is 0 Å². The largest absolute Gasteiger partial charge is 0.376 e. The van der Waals surface area contributed by atoms with Gasteiger partial charge in [0, 0.05) is 32.4 Å². The second-order valence-corrected chi connectivity index (χ2v) is 3.96. The van der Waals surface area contributed by atoms with Crippen LogP contribution < -0.4 is 5.73 Å². The molecule has 1 heterocycles. The molecule has 1 aromatic rings. The van der Waals surface area contributed by atoms with E-state index in [1.807, 2.05) is 31.3 Å². The minimum atomic E-state index is 0.115. The highest BCUT2D eigenvalue weighted by molar-refractivity contribution is 5.03.